The highest BCUT2D eigenvalue weighted by atomic mass is 16.5. The van der Waals surface area contributed by atoms with Gasteiger partial charge in [-0.3, -0.25) is 0 Å². The van der Waals surface area contributed by atoms with Gasteiger partial charge in [-0.2, -0.15) is 0 Å². The van der Waals surface area contributed by atoms with Crippen molar-refractivity contribution in [1.29, 1.82) is 0 Å². The normalized spacial score (nSPS) is 13.3. The van der Waals surface area contributed by atoms with Gasteiger partial charge in [-0.1, -0.05) is 13.8 Å². The Bertz CT molecular complexity index is 140. The van der Waals surface area contributed by atoms with E-state index in [4.69, 9.17) is 9.47 Å². The summed E-state index contributed by atoms with van der Waals surface area (Å²) in [5.41, 5.74) is 0. The molecule has 0 aliphatic carbocycles. The predicted octanol–water partition coefficient (Wildman–Crippen LogP) is 2.60. The average Bonchev–Trinajstić information content (AvgIpc) is 2.25. The minimum absolute atomic E-state index is 0.323. The molecule has 0 aromatic heterocycles. The molecule has 0 fully saturated rings. The highest BCUT2D eigenvalue weighted by molar-refractivity contribution is 4.65. The van der Waals surface area contributed by atoms with Gasteiger partial charge >= 0.3 is 0 Å². The molecule has 1 N–H and O–H groups in total. The topological polar surface area (TPSA) is 30.5 Å². The highest BCUT2D eigenvalue weighted by Crippen LogP contribution is 1.98. The fraction of sp³-hybridized carbons (Fsp3) is 1.00. The van der Waals surface area contributed by atoms with E-state index in [9.17, 15) is 0 Å². The molecule has 0 heterocycles. The second kappa shape index (κ2) is 11.4. The second-order valence-electron chi connectivity index (χ2n) is 4.43. The maximum absolute atomic E-state index is 5.58. The first-order valence-corrected chi connectivity index (χ1v) is 6.63. The zero-order valence-corrected chi connectivity index (χ0v) is 11.4. The van der Waals surface area contributed by atoms with E-state index in [1.54, 1.807) is 0 Å². The Kier molecular flexibility index (Phi) is 11.3. The Hall–Kier alpha value is -0.120. The lowest BCUT2D eigenvalue weighted by molar-refractivity contribution is 0.0551. The number of hydrogen-bond acceptors (Lipinski definition) is 3. The average molecular weight is 231 g/mol. The van der Waals surface area contributed by atoms with E-state index in [-0.39, 0.29) is 0 Å². The van der Waals surface area contributed by atoms with Crippen LogP contribution < -0.4 is 5.32 Å². The number of hydrogen-bond donors (Lipinski definition) is 1. The number of rotatable bonds is 11. The molecule has 3 nitrogen and oxygen atoms in total. The summed E-state index contributed by atoms with van der Waals surface area (Å²) in [7, 11) is 0. The summed E-state index contributed by atoms with van der Waals surface area (Å²) in [5.74, 6) is 0. The fourth-order valence-electron chi connectivity index (χ4n) is 1.41. The van der Waals surface area contributed by atoms with Crippen molar-refractivity contribution in [3.05, 3.63) is 0 Å². The maximum Gasteiger partial charge on any atom is 0.0620 e. The van der Waals surface area contributed by atoms with Gasteiger partial charge in [-0.15, -0.1) is 0 Å². The summed E-state index contributed by atoms with van der Waals surface area (Å²) in [6, 6.07) is 0.435. The zero-order valence-electron chi connectivity index (χ0n) is 11.4. The van der Waals surface area contributed by atoms with Crippen molar-refractivity contribution in [2.75, 3.05) is 26.4 Å². The minimum Gasteiger partial charge on any atom is -0.380 e. The molecule has 0 saturated heterocycles. The quantitative estimate of drug-likeness (QED) is 0.554. The van der Waals surface area contributed by atoms with Crippen molar-refractivity contribution in [2.24, 2.45) is 0 Å². The highest BCUT2D eigenvalue weighted by Gasteiger charge is 2.08. The molecule has 0 aliphatic heterocycles. The van der Waals surface area contributed by atoms with Crippen molar-refractivity contribution < 1.29 is 9.47 Å². The van der Waals surface area contributed by atoms with Crippen molar-refractivity contribution in [3.63, 3.8) is 0 Å². The van der Waals surface area contributed by atoms with Crippen LogP contribution in [0.3, 0.4) is 0 Å². The van der Waals surface area contributed by atoms with E-state index in [1.165, 1.54) is 0 Å². The van der Waals surface area contributed by atoms with Crippen molar-refractivity contribution >= 4 is 0 Å². The zero-order chi connectivity index (χ0) is 12.2. The minimum atomic E-state index is 0.323. The van der Waals surface area contributed by atoms with Crippen LogP contribution >= 0.6 is 0 Å². The van der Waals surface area contributed by atoms with E-state index in [1.807, 2.05) is 0 Å². The number of ether oxygens (including phenoxy) is 2. The van der Waals surface area contributed by atoms with E-state index in [0.717, 1.165) is 45.6 Å². The van der Waals surface area contributed by atoms with E-state index >= 15 is 0 Å². The van der Waals surface area contributed by atoms with Crippen LogP contribution in [0.2, 0.25) is 0 Å². The molecule has 0 aliphatic rings. The molecule has 0 aromatic rings. The molecule has 0 spiro atoms. The van der Waals surface area contributed by atoms with Crippen LogP contribution in [0.5, 0.6) is 0 Å². The van der Waals surface area contributed by atoms with E-state index in [0.29, 0.717) is 12.1 Å². The van der Waals surface area contributed by atoms with Gasteiger partial charge in [0.15, 0.2) is 0 Å². The van der Waals surface area contributed by atoms with E-state index < -0.39 is 0 Å². The second-order valence-corrected chi connectivity index (χ2v) is 4.43. The third-order valence-corrected chi connectivity index (χ3v) is 2.27. The first-order valence-electron chi connectivity index (χ1n) is 6.63. The molecule has 0 radical (unpaired) electrons. The van der Waals surface area contributed by atoms with Gasteiger partial charge in [0.25, 0.3) is 0 Å². The summed E-state index contributed by atoms with van der Waals surface area (Å²) < 4.78 is 11.1. The largest absolute Gasteiger partial charge is 0.380 e. The molecule has 0 rings (SSSR count). The first kappa shape index (κ1) is 15.9. The Morgan fingerprint density at radius 3 is 2.38 bits per heavy atom. The van der Waals surface area contributed by atoms with Crippen LogP contribution in [-0.4, -0.2) is 38.5 Å². The van der Waals surface area contributed by atoms with Crippen LogP contribution in [0.1, 0.15) is 47.0 Å². The Morgan fingerprint density at radius 2 is 1.81 bits per heavy atom. The van der Waals surface area contributed by atoms with Crippen LogP contribution in [-0.2, 0) is 9.47 Å². The predicted molar refractivity (Wildman–Crippen MR) is 68.9 cm³/mol. The van der Waals surface area contributed by atoms with Gasteiger partial charge in [0.1, 0.15) is 0 Å². The molecule has 16 heavy (non-hydrogen) atoms. The third-order valence-electron chi connectivity index (χ3n) is 2.27. The molecule has 3 heteroatoms. The monoisotopic (exact) mass is 231 g/mol. The van der Waals surface area contributed by atoms with Crippen molar-refractivity contribution in [3.8, 4) is 0 Å². The summed E-state index contributed by atoms with van der Waals surface area (Å²) in [6.07, 6.45) is 3.60. The molecule has 0 bridgehead atoms. The summed E-state index contributed by atoms with van der Waals surface area (Å²) in [6.45, 7) is 12.0. The Morgan fingerprint density at radius 1 is 1.06 bits per heavy atom. The maximum atomic E-state index is 5.58. The lowest BCUT2D eigenvalue weighted by atomic mass is 10.2. The molecular weight excluding hydrogens is 202 g/mol. The summed E-state index contributed by atoms with van der Waals surface area (Å²) in [4.78, 5) is 0. The molecule has 98 valence electrons. The molecule has 0 saturated carbocycles. The molecule has 0 aromatic carbocycles. The van der Waals surface area contributed by atoms with Crippen LogP contribution in [0.15, 0.2) is 0 Å². The lowest BCUT2D eigenvalue weighted by Crippen LogP contribution is -2.35. The van der Waals surface area contributed by atoms with Crippen LogP contribution in [0.4, 0.5) is 0 Å². The Labute approximate surface area is 101 Å². The van der Waals surface area contributed by atoms with Gasteiger partial charge in [0, 0.05) is 19.3 Å². The Balaban J connectivity index is 3.62. The standard InChI is InChI=1S/C13H29NO2/c1-5-8-14-13(11-15-9-6-2)7-10-16-12(3)4/h12-14H,5-11H2,1-4H3. The summed E-state index contributed by atoms with van der Waals surface area (Å²) in [5, 5.41) is 3.50. The SMILES string of the molecule is CCCNC(CCOC(C)C)COCCC. The molecule has 1 atom stereocenters. The van der Waals surface area contributed by atoms with Crippen molar-refractivity contribution in [2.45, 2.75) is 59.1 Å². The summed E-state index contributed by atoms with van der Waals surface area (Å²) >= 11 is 0. The number of nitrogens with one attached hydrogen (secondary N) is 1. The smallest absolute Gasteiger partial charge is 0.0620 e. The van der Waals surface area contributed by atoms with Gasteiger partial charge in [0.05, 0.1) is 12.7 Å². The fourth-order valence-corrected chi connectivity index (χ4v) is 1.41. The van der Waals surface area contributed by atoms with Gasteiger partial charge in [-0.05, 0) is 39.7 Å². The van der Waals surface area contributed by atoms with Crippen LogP contribution in [0, 0.1) is 0 Å². The van der Waals surface area contributed by atoms with Crippen LogP contribution in [0.25, 0.3) is 0 Å². The molecule has 0 amide bonds. The van der Waals surface area contributed by atoms with Gasteiger partial charge in [-0.25, -0.2) is 0 Å². The van der Waals surface area contributed by atoms with Crippen molar-refractivity contribution in [1.82, 2.24) is 5.32 Å². The third kappa shape index (κ3) is 10.4. The lowest BCUT2D eigenvalue weighted by Gasteiger charge is -2.19. The molecule has 1 unspecified atom stereocenters. The molecular formula is C13H29NO2. The van der Waals surface area contributed by atoms with Gasteiger partial charge < -0.3 is 14.8 Å². The van der Waals surface area contributed by atoms with E-state index in [2.05, 4.69) is 33.0 Å². The first-order chi connectivity index (χ1) is 7.70. The van der Waals surface area contributed by atoms with Gasteiger partial charge in [0.2, 0.25) is 0 Å².